The van der Waals surface area contributed by atoms with Crippen molar-refractivity contribution in [3.05, 3.63) is 42.0 Å². The quantitative estimate of drug-likeness (QED) is 0.817. The van der Waals surface area contributed by atoms with Gasteiger partial charge < -0.3 is 9.64 Å². The van der Waals surface area contributed by atoms with Crippen LogP contribution in [0.1, 0.15) is 5.56 Å². The van der Waals surface area contributed by atoms with Crippen molar-refractivity contribution >= 4 is 18.1 Å². The third-order valence-corrected chi connectivity index (χ3v) is 4.37. The summed E-state index contributed by atoms with van der Waals surface area (Å²) in [6, 6.07) is 10.2. The SMILES string of the molecule is O=C(CN1CCOC1=O)N1CCN(C/C=C/c2ccccc2)CC1. The first-order valence-corrected chi connectivity index (χ1v) is 8.36. The van der Waals surface area contributed by atoms with Gasteiger partial charge in [-0.05, 0) is 5.56 Å². The zero-order valence-corrected chi connectivity index (χ0v) is 13.8. The fraction of sp³-hybridized carbons (Fsp3) is 0.444. The smallest absolute Gasteiger partial charge is 0.410 e. The molecule has 6 nitrogen and oxygen atoms in total. The van der Waals surface area contributed by atoms with Crippen LogP contribution in [0.4, 0.5) is 4.79 Å². The van der Waals surface area contributed by atoms with Crippen LogP contribution in [0.5, 0.6) is 0 Å². The van der Waals surface area contributed by atoms with Crippen LogP contribution >= 0.6 is 0 Å². The molecule has 0 unspecified atom stereocenters. The highest BCUT2D eigenvalue weighted by Crippen LogP contribution is 2.07. The van der Waals surface area contributed by atoms with E-state index in [1.807, 2.05) is 23.1 Å². The molecule has 0 saturated carbocycles. The van der Waals surface area contributed by atoms with Crippen LogP contribution < -0.4 is 0 Å². The second-order valence-corrected chi connectivity index (χ2v) is 6.03. The zero-order valence-electron chi connectivity index (χ0n) is 13.8. The molecule has 128 valence electrons. The number of carbonyl (C=O) groups is 2. The Morgan fingerprint density at radius 1 is 1.08 bits per heavy atom. The van der Waals surface area contributed by atoms with E-state index < -0.39 is 0 Å². The topological polar surface area (TPSA) is 53.1 Å². The van der Waals surface area contributed by atoms with Gasteiger partial charge in [-0.3, -0.25) is 14.6 Å². The normalized spacial score (nSPS) is 19.1. The van der Waals surface area contributed by atoms with Crippen molar-refractivity contribution in [3.8, 4) is 0 Å². The Bertz CT molecular complexity index is 595. The van der Waals surface area contributed by atoms with Gasteiger partial charge in [0, 0.05) is 32.7 Å². The Morgan fingerprint density at radius 2 is 1.83 bits per heavy atom. The third-order valence-electron chi connectivity index (χ3n) is 4.37. The summed E-state index contributed by atoms with van der Waals surface area (Å²) in [7, 11) is 0. The van der Waals surface area contributed by atoms with E-state index in [0.717, 1.165) is 19.6 Å². The second kappa shape index (κ2) is 7.97. The van der Waals surface area contributed by atoms with Gasteiger partial charge in [0.15, 0.2) is 0 Å². The third kappa shape index (κ3) is 4.35. The number of carbonyl (C=O) groups excluding carboxylic acids is 2. The van der Waals surface area contributed by atoms with E-state index >= 15 is 0 Å². The Hall–Kier alpha value is -2.34. The van der Waals surface area contributed by atoms with Gasteiger partial charge in [0.1, 0.15) is 13.2 Å². The van der Waals surface area contributed by atoms with Gasteiger partial charge in [0.25, 0.3) is 0 Å². The molecule has 0 aromatic heterocycles. The lowest BCUT2D eigenvalue weighted by molar-refractivity contribution is -0.133. The minimum Gasteiger partial charge on any atom is -0.448 e. The maximum absolute atomic E-state index is 12.2. The summed E-state index contributed by atoms with van der Waals surface area (Å²) in [6.07, 6.45) is 3.90. The second-order valence-electron chi connectivity index (χ2n) is 6.03. The highest BCUT2D eigenvalue weighted by atomic mass is 16.6. The van der Waals surface area contributed by atoms with Crippen molar-refractivity contribution in [2.45, 2.75) is 0 Å². The average Bonchev–Trinajstić information content (AvgIpc) is 3.01. The molecule has 24 heavy (non-hydrogen) atoms. The molecule has 2 heterocycles. The van der Waals surface area contributed by atoms with Crippen LogP contribution in [0.3, 0.4) is 0 Å². The summed E-state index contributed by atoms with van der Waals surface area (Å²) in [5, 5.41) is 0. The van der Waals surface area contributed by atoms with Crippen LogP contribution in [0.25, 0.3) is 6.08 Å². The molecule has 6 heteroatoms. The molecule has 0 aliphatic carbocycles. The Kier molecular flexibility index (Phi) is 5.48. The van der Waals surface area contributed by atoms with E-state index in [1.54, 1.807) is 0 Å². The molecule has 0 atom stereocenters. The molecule has 0 N–H and O–H groups in total. The molecule has 3 rings (SSSR count). The van der Waals surface area contributed by atoms with Crippen molar-refractivity contribution in [3.63, 3.8) is 0 Å². The van der Waals surface area contributed by atoms with Gasteiger partial charge >= 0.3 is 6.09 Å². The summed E-state index contributed by atoms with van der Waals surface area (Å²) < 4.78 is 4.85. The molecule has 2 amide bonds. The fourth-order valence-corrected chi connectivity index (χ4v) is 2.91. The molecule has 0 spiro atoms. The van der Waals surface area contributed by atoms with Crippen LogP contribution in [-0.4, -0.2) is 79.1 Å². The molecule has 1 aromatic rings. The highest BCUT2D eigenvalue weighted by molar-refractivity contribution is 5.83. The first-order valence-electron chi connectivity index (χ1n) is 8.36. The number of cyclic esters (lactones) is 1. The van der Waals surface area contributed by atoms with Gasteiger partial charge in [0.05, 0.1) is 6.54 Å². The summed E-state index contributed by atoms with van der Waals surface area (Å²) in [5.41, 5.74) is 1.20. The average molecular weight is 329 g/mol. The Morgan fingerprint density at radius 3 is 2.50 bits per heavy atom. The number of piperazine rings is 1. The number of ether oxygens (including phenoxy) is 1. The molecule has 0 bridgehead atoms. The summed E-state index contributed by atoms with van der Waals surface area (Å²) >= 11 is 0. The maximum Gasteiger partial charge on any atom is 0.410 e. The molecule has 2 saturated heterocycles. The van der Waals surface area contributed by atoms with Crippen molar-refractivity contribution < 1.29 is 14.3 Å². The zero-order chi connectivity index (χ0) is 16.8. The molecule has 0 radical (unpaired) electrons. The van der Waals surface area contributed by atoms with Crippen LogP contribution in [0.15, 0.2) is 36.4 Å². The number of nitrogens with zero attached hydrogens (tertiary/aromatic N) is 3. The van der Waals surface area contributed by atoms with Gasteiger partial charge in [0.2, 0.25) is 5.91 Å². The molecule has 2 fully saturated rings. The molecule has 2 aliphatic rings. The monoisotopic (exact) mass is 329 g/mol. The lowest BCUT2D eigenvalue weighted by Crippen LogP contribution is -2.51. The number of amides is 2. The van der Waals surface area contributed by atoms with E-state index in [2.05, 4.69) is 29.2 Å². The van der Waals surface area contributed by atoms with Crippen molar-refractivity contribution in [1.29, 1.82) is 0 Å². The van der Waals surface area contributed by atoms with Gasteiger partial charge in [-0.2, -0.15) is 0 Å². The Labute approximate surface area is 142 Å². The van der Waals surface area contributed by atoms with E-state index in [4.69, 9.17) is 4.74 Å². The maximum atomic E-state index is 12.2. The van der Waals surface area contributed by atoms with E-state index in [-0.39, 0.29) is 18.5 Å². The number of rotatable bonds is 5. The number of benzene rings is 1. The van der Waals surface area contributed by atoms with Crippen molar-refractivity contribution in [1.82, 2.24) is 14.7 Å². The first-order chi connectivity index (χ1) is 11.7. The van der Waals surface area contributed by atoms with Crippen LogP contribution in [-0.2, 0) is 9.53 Å². The minimum atomic E-state index is -0.381. The molecular weight excluding hydrogens is 306 g/mol. The summed E-state index contributed by atoms with van der Waals surface area (Å²) in [4.78, 5) is 29.3. The van der Waals surface area contributed by atoms with E-state index in [9.17, 15) is 9.59 Å². The summed E-state index contributed by atoms with van der Waals surface area (Å²) in [6.45, 7) is 5.04. The van der Waals surface area contributed by atoms with Crippen molar-refractivity contribution in [2.24, 2.45) is 0 Å². The number of hydrogen-bond donors (Lipinski definition) is 0. The fourth-order valence-electron chi connectivity index (χ4n) is 2.91. The van der Waals surface area contributed by atoms with E-state index in [0.29, 0.717) is 26.2 Å². The molecule has 1 aromatic carbocycles. The standard InChI is InChI=1S/C18H23N3O3/c22-17(15-21-13-14-24-18(21)23)20-11-9-19(10-12-20)8-4-7-16-5-2-1-3-6-16/h1-7H,8-15H2/b7-4+. The van der Waals surface area contributed by atoms with Gasteiger partial charge in [-0.25, -0.2) is 4.79 Å². The predicted octanol–water partition coefficient (Wildman–Crippen LogP) is 1.30. The van der Waals surface area contributed by atoms with Crippen molar-refractivity contribution in [2.75, 3.05) is 52.4 Å². The lowest BCUT2D eigenvalue weighted by Gasteiger charge is -2.34. The molecule has 2 aliphatic heterocycles. The van der Waals surface area contributed by atoms with Crippen LogP contribution in [0.2, 0.25) is 0 Å². The highest BCUT2D eigenvalue weighted by Gasteiger charge is 2.27. The largest absolute Gasteiger partial charge is 0.448 e. The van der Waals surface area contributed by atoms with Gasteiger partial charge in [-0.15, -0.1) is 0 Å². The number of hydrogen-bond acceptors (Lipinski definition) is 4. The van der Waals surface area contributed by atoms with Crippen LogP contribution in [0, 0.1) is 0 Å². The Balaban J connectivity index is 1.40. The molecular formula is C18H23N3O3. The first kappa shape index (κ1) is 16.5. The van der Waals surface area contributed by atoms with E-state index in [1.165, 1.54) is 10.5 Å². The predicted molar refractivity (Wildman–Crippen MR) is 91.4 cm³/mol. The van der Waals surface area contributed by atoms with Gasteiger partial charge in [-0.1, -0.05) is 42.5 Å². The lowest BCUT2D eigenvalue weighted by atomic mass is 10.2. The summed E-state index contributed by atoms with van der Waals surface area (Å²) in [5.74, 6) is 0.00771. The minimum absolute atomic E-state index is 0.00771.